The molecule has 0 saturated heterocycles. The highest BCUT2D eigenvalue weighted by atomic mass is 32.1. The Balaban J connectivity index is 2.03. The van der Waals surface area contributed by atoms with E-state index >= 15 is 0 Å². The summed E-state index contributed by atoms with van der Waals surface area (Å²) >= 11 is 1.13. The second-order valence-corrected chi connectivity index (χ2v) is 8.43. The van der Waals surface area contributed by atoms with E-state index in [0.29, 0.717) is 5.69 Å². The summed E-state index contributed by atoms with van der Waals surface area (Å²) in [6, 6.07) is 4.63. The Kier molecular flexibility index (Phi) is 6.39. The van der Waals surface area contributed by atoms with Crippen molar-refractivity contribution in [3.8, 4) is 0 Å². The highest BCUT2D eigenvalue weighted by Crippen LogP contribution is 2.32. The number of rotatable bonds is 7. The molecule has 3 rings (SSSR count). The Hall–Kier alpha value is -2.35. The number of hydrogen-bond acceptors (Lipinski definition) is 6. The van der Waals surface area contributed by atoms with Crippen LogP contribution in [0, 0.1) is 0 Å². The first-order valence-corrected chi connectivity index (χ1v) is 10.6. The Morgan fingerprint density at radius 3 is 2.64 bits per heavy atom. The van der Waals surface area contributed by atoms with Crippen molar-refractivity contribution in [1.29, 1.82) is 0 Å². The molecule has 0 bridgehead atoms. The summed E-state index contributed by atoms with van der Waals surface area (Å²) in [4.78, 5) is 32.9. The minimum atomic E-state index is -0.802. The van der Waals surface area contributed by atoms with E-state index < -0.39 is 6.04 Å². The average molecular weight is 402 g/mol. The van der Waals surface area contributed by atoms with Crippen molar-refractivity contribution in [2.24, 2.45) is 0 Å². The molecular weight excluding hydrogens is 374 g/mol. The average Bonchev–Trinajstić information content (AvgIpc) is 3.39. The summed E-state index contributed by atoms with van der Waals surface area (Å²) in [7, 11) is 0. The molecular formula is C20H27N5O2S. The zero-order valence-electron chi connectivity index (χ0n) is 16.6. The third kappa shape index (κ3) is 4.55. The minimum Gasteiger partial charge on any atom is -0.349 e. The van der Waals surface area contributed by atoms with E-state index in [1.165, 1.54) is 0 Å². The van der Waals surface area contributed by atoms with Gasteiger partial charge in [-0.3, -0.25) is 14.6 Å². The summed E-state index contributed by atoms with van der Waals surface area (Å²) < 4.78 is 3.83. The smallest absolute Gasteiger partial charge is 0.276 e. The normalized spacial score (nSPS) is 16.0. The molecule has 1 aliphatic rings. The summed E-state index contributed by atoms with van der Waals surface area (Å²) in [6.07, 6.45) is 6.26. The van der Waals surface area contributed by atoms with Crippen LogP contribution in [0.2, 0.25) is 0 Å². The maximum Gasteiger partial charge on any atom is 0.276 e. The van der Waals surface area contributed by atoms with Crippen LogP contribution in [-0.4, -0.2) is 42.9 Å². The minimum absolute atomic E-state index is 0.0169. The lowest BCUT2D eigenvalue weighted by Crippen LogP contribution is -2.52. The molecule has 8 heteroatoms. The van der Waals surface area contributed by atoms with Crippen molar-refractivity contribution in [2.75, 3.05) is 0 Å². The van der Waals surface area contributed by atoms with Crippen molar-refractivity contribution >= 4 is 23.3 Å². The van der Waals surface area contributed by atoms with Crippen LogP contribution >= 0.6 is 11.5 Å². The summed E-state index contributed by atoms with van der Waals surface area (Å²) in [5, 5.41) is 8.69. The van der Waals surface area contributed by atoms with Gasteiger partial charge in [-0.1, -0.05) is 30.3 Å². The molecule has 1 aliphatic carbocycles. The fourth-order valence-electron chi connectivity index (χ4n) is 3.50. The number of nitrogens with one attached hydrogen (secondary N) is 1. The molecule has 1 saturated carbocycles. The van der Waals surface area contributed by atoms with Gasteiger partial charge in [-0.2, -0.15) is 0 Å². The molecule has 1 atom stereocenters. The van der Waals surface area contributed by atoms with E-state index in [0.717, 1.165) is 43.6 Å². The van der Waals surface area contributed by atoms with Gasteiger partial charge in [0.05, 0.1) is 5.69 Å². The number of amides is 2. The monoisotopic (exact) mass is 401 g/mol. The molecule has 2 amide bonds. The molecule has 2 aromatic rings. The van der Waals surface area contributed by atoms with Gasteiger partial charge in [-0.05, 0) is 56.8 Å². The Morgan fingerprint density at radius 1 is 1.32 bits per heavy atom. The van der Waals surface area contributed by atoms with Gasteiger partial charge in [-0.15, -0.1) is 5.10 Å². The van der Waals surface area contributed by atoms with Crippen LogP contribution in [0.15, 0.2) is 29.8 Å². The lowest BCUT2D eigenvalue weighted by molar-refractivity contribution is -0.128. The van der Waals surface area contributed by atoms with Gasteiger partial charge in [0.15, 0.2) is 11.7 Å². The molecule has 0 radical (unpaired) electrons. The van der Waals surface area contributed by atoms with Crippen LogP contribution in [0.25, 0.3) is 0 Å². The van der Waals surface area contributed by atoms with E-state index in [9.17, 15) is 9.59 Å². The number of pyridine rings is 1. The van der Waals surface area contributed by atoms with Crippen molar-refractivity contribution in [2.45, 2.75) is 70.5 Å². The first-order valence-electron chi connectivity index (χ1n) is 9.75. The van der Waals surface area contributed by atoms with Crippen LogP contribution in [0.1, 0.15) is 75.1 Å². The van der Waals surface area contributed by atoms with Gasteiger partial charge in [-0.25, -0.2) is 0 Å². The highest BCUT2D eigenvalue weighted by molar-refractivity contribution is 7.03. The first-order chi connectivity index (χ1) is 13.4. The highest BCUT2D eigenvalue weighted by Gasteiger charge is 2.40. The summed E-state index contributed by atoms with van der Waals surface area (Å²) in [6.45, 7) is 5.98. The summed E-state index contributed by atoms with van der Waals surface area (Å²) in [5.41, 5.74) is 0.465. The third-order valence-corrected chi connectivity index (χ3v) is 5.88. The molecule has 7 nitrogen and oxygen atoms in total. The van der Waals surface area contributed by atoms with Crippen LogP contribution in [0.4, 0.5) is 0 Å². The molecule has 0 aromatic carbocycles. The fourth-order valence-corrected chi connectivity index (χ4v) is 3.93. The van der Waals surface area contributed by atoms with Gasteiger partial charge in [0.25, 0.3) is 5.91 Å². The van der Waals surface area contributed by atoms with Gasteiger partial charge in [0.1, 0.15) is 0 Å². The second-order valence-electron chi connectivity index (χ2n) is 7.82. The van der Waals surface area contributed by atoms with E-state index in [1.54, 1.807) is 28.6 Å². The molecule has 150 valence electrons. The first kappa shape index (κ1) is 20.4. The maximum atomic E-state index is 13.4. The van der Waals surface area contributed by atoms with Gasteiger partial charge in [0, 0.05) is 23.2 Å². The molecule has 2 aromatic heterocycles. The standard InChI is InChI=1S/C20H27N5O2S/c1-4-20(2,3)22-18(26)17(15-11-7-8-12-21-15)25(14-9-5-6-10-14)19(27)16-13-28-24-23-16/h7-8,11-14,17H,4-6,9-10H2,1-3H3,(H,22,26). The Morgan fingerprint density at radius 2 is 2.07 bits per heavy atom. The van der Waals surface area contributed by atoms with Crippen LogP contribution < -0.4 is 5.32 Å². The van der Waals surface area contributed by atoms with Crippen molar-refractivity contribution in [3.63, 3.8) is 0 Å². The zero-order chi connectivity index (χ0) is 20.1. The maximum absolute atomic E-state index is 13.4. The molecule has 1 unspecified atom stereocenters. The molecule has 28 heavy (non-hydrogen) atoms. The van der Waals surface area contributed by atoms with Crippen molar-refractivity contribution in [1.82, 2.24) is 24.8 Å². The lowest BCUT2D eigenvalue weighted by atomic mass is 9.99. The lowest BCUT2D eigenvalue weighted by Gasteiger charge is -2.37. The zero-order valence-corrected chi connectivity index (χ0v) is 17.4. The molecule has 1 N–H and O–H groups in total. The fraction of sp³-hybridized carbons (Fsp3) is 0.550. The van der Waals surface area contributed by atoms with Gasteiger partial charge in [0.2, 0.25) is 5.91 Å². The molecule has 1 fully saturated rings. The third-order valence-electron chi connectivity index (χ3n) is 5.37. The van der Waals surface area contributed by atoms with Gasteiger partial charge >= 0.3 is 0 Å². The molecule has 0 aliphatic heterocycles. The van der Waals surface area contributed by atoms with E-state index in [4.69, 9.17) is 0 Å². The SMILES string of the molecule is CCC(C)(C)NC(=O)C(c1ccccn1)N(C(=O)c1csnn1)C1CCCC1. The topological polar surface area (TPSA) is 88.1 Å². The quantitative estimate of drug-likeness (QED) is 0.768. The van der Waals surface area contributed by atoms with Crippen LogP contribution in [-0.2, 0) is 4.79 Å². The van der Waals surface area contributed by atoms with Crippen molar-refractivity contribution in [3.05, 3.63) is 41.2 Å². The van der Waals surface area contributed by atoms with Crippen LogP contribution in [0.3, 0.4) is 0 Å². The molecule has 0 spiro atoms. The Labute approximate surface area is 169 Å². The number of hydrogen-bond donors (Lipinski definition) is 1. The number of carbonyl (C=O) groups is 2. The predicted octanol–water partition coefficient (Wildman–Crippen LogP) is 3.36. The van der Waals surface area contributed by atoms with E-state index in [2.05, 4.69) is 19.9 Å². The predicted molar refractivity (Wildman–Crippen MR) is 108 cm³/mol. The number of aromatic nitrogens is 3. The summed E-state index contributed by atoms with van der Waals surface area (Å²) in [5.74, 6) is -0.477. The van der Waals surface area contributed by atoms with E-state index in [1.807, 2.05) is 26.8 Å². The van der Waals surface area contributed by atoms with Crippen LogP contribution in [0.5, 0.6) is 0 Å². The van der Waals surface area contributed by atoms with E-state index in [-0.39, 0.29) is 29.1 Å². The number of carbonyl (C=O) groups excluding carboxylic acids is 2. The molecule has 2 heterocycles. The number of nitrogens with zero attached hydrogens (tertiary/aromatic N) is 4. The van der Waals surface area contributed by atoms with Crippen molar-refractivity contribution < 1.29 is 9.59 Å². The largest absolute Gasteiger partial charge is 0.349 e. The van der Waals surface area contributed by atoms with Gasteiger partial charge < -0.3 is 10.2 Å². The Bertz CT molecular complexity index is 788. The second kappa shape index (κ2) is 8.77.